The zero-order valence-electron chi connectivity index (χ0n) is 38.2. The Balaban J connectivity index is 1.05. The van der Waals surface area contributed by atoms with E-state index in [0.717, 1.165) is 62.7 Å². The topological polar surface area (TPSA) is 105 Å². The number of carbonyl (C=O) groups is 1. The molecule has 58 heavy (non-hydrogen) atoms. The van der Waals surface area contributed by atoms with Crippen LogP contribution >= 0.6 is 0 Å². The number of hydrogen-bond acceptors (Lipinski definition) is 7. The van der Waals surface area contributed by atoms with Gasteiger partial charge in [0.1, 0.15) is 31.0 Å². The van der Waals surface area contributed by atoms with Gasteiger partial charge in [-0.05, 0) is 116 Å². The molecule has 1 saturated heterocycles. The van der Waals surface area contributed by atoms with Gasteiger partial charge in [-0.1, -0.05) is 149 Å². The Hall–Kier alpha value is -1.25. The average Bonchev–Trinajstić information content (AvgIpc) is 3.56. The van der Waals surface area contributed by atoms with Gasteiger partial charge in [-0.2, -0.15) is 0 Å². The Labute approximate surface area is 354 Å². The maximum absolute atomic E-state index is 12.6. The van der Waals surface area contributed by atoms with E-state index >= 15 is 0 Å². The molecule has 0 amide bonds. The monoisotopic (exact) mass is 813 g/mol. The molecule has 4 fully saturated rings. The fourth-order valence-electron chi connectivity index (χ4n) is 12.8. The van der Waals surface area contributed by atoms with Crippen LogP contribution in [0.4, 0.5) is 0 Å². The van der Waals surface area contributed by atoms with Crippen LogP contribution in [-0.4, -0.2) is 64.7 Å². The molecule has 14 unspecified atom stereocenters. The molecule has 0 spiro atoms. The van der Waals surface area contributed by atoms with Gasteiger partial charge >= 0.3 is 5.97 Å². The van der Waals surface area contributed by atoms with Crippen LogP contribution in [0.25, 0.3) is 0 Å². The van der Waals surface area contributed by atoms with Gasteiger partial charge in [0.15, 0.2) is 6.29 Å². The summed E-state index contributed by atoms with van der Waals surface area (Å²) < 4.78 is 18.0. The molecule has 5 aliphatic rings. The van der Waals surface area contributed by atoms with Gasteiger partial charge in [0.05, 0.1) is 6.10 Å². The minimum absolute atomic E-state index is 0.146. The van der Waals surface area contributed by atoms with Crippen LogP contribution in [0.15, 0.2) is 23.8 Å². The number of aliphatic hydroxyl groups excluding tert-OH is 3. The first-order valence-corrected chi connectivity index (χ1v) is 24.7. The Morgan fingerprint density at radius 1 is 0.810 bits per heavy atom. The van der Waals surface area contributed by atoms with Crippen molar-refractivity contribution < 1.29 is 34.3 Å². The minimum Gasteiger partial charge on any atom is -0.463 e. The number of esters is 1. The lowest BCUT2D eigenvalue weighted by molar-refractivity contribution is -0.313. The molecule has 0 aromatic heterocycles. The molecular formula is C51H88O7. The highest BCUT2D eigenvalue weighted by Gasteiger charge is 2.59. The summed E-state index contributed by atoms with van der Waals surface area (Å²) in [5.41, 5.74) is 2.05. The third kappa shape index (κ3) is 11.8. The molecule has 1 heterocycles. The van der Waals surface area contributed by atoms with Gasteiger partial charge in [-0.25, -0.2) is 0 Å². The SMILES string of the molecule is CCCCCCCCCCCCCCCC(=O)OCC1OC(OC2CCC3(C)C(=CCC4C3CCC3(C)C(C(C)C=CC(CC)C(C)C)CCC43)C2)C(O)C(O)C1O. The second-order valence-electron chi connectivity index (χ2n) is 20.7. The number of ether oxygens (including phenoxy) is 3. The van der Waals surface area contributed by atoms with Crippen molar-refractivity contribution >= 4 is 5.97 Å². The fraction of sp³-hybridized carbons (Fsp3) is 0.902. The number of unbranched alkanes of at least 4 members (excludes halogenated alkanes) is 12. The van der Waals surface area contributed by atoms with Crippen LogP contribution in [0.5, 0.6) is 0 Å². The minimum atomic E-state index is -1.44. The van der Waals surface area contributed by atoms with E-state index in [0.29, 0.717) is 35.5 Å². The quantitative estimate of drug-likeness (QED) is 0.0536. The summed E-state index contributed by atoms with van der Waals surface area (Å²) in [5.74, 6) is 4.62. The summed E-state index contributed by atoms with van der Waals surface area (Å²) in [5, 5.41) is 32.5. The Kier molecular flexibility index (Phi) is 18.7. The van der Waals surface area contributed by atoms with Crippen molar-refractivity contribution in [2.75, 3.05) is 6.61 Å². The smallest absolute Gasteiger partial charge is 0.305 e. The molecule has 0 aromatic carbocycles. The molecule has 3 saturated carbocycles. The van der Waals surface area contributed by atoms with Gasteiger partial charge in [0.25, 0.3) is 0 Å². The summed E-state index contributed by atoms with van der Waals surface area (Å²) in [4.78, 5) is 12.6. The molecule has 1 aliphatic heterocycles. The number of allylic oxidation sites excluding steroid dienone is 3. The predicted octanol–water partition coefficient (Wildman–Crippen LogP) is 11.7. The molecule has 14 atom stereocenters. The molecule has 5 rings (SSSR count). The summed E-state index contributed by atoms with van der Waals surface area (Å²) >= 11 is 0. The Bertz CT molecular complexity index is 1300. The van der Waals surface area contributed by atoms with Gasteiger partial charge in [-0.3, -0.25) is 4.79 Å². The zero-order valence-corrected chi connectivity index (χ0v) is 38.2. The lowest BCUT2D eigenvalue weighted by Gasteiger charge is -2.58. The maximum Gasteiger partial charge on any atom is 0.305 e. The van der Waals surface area contributed by atoms with E-state index in [9.17, 15) is 20.1 Å². The molecule has 4 aliphatic carbocycles. The van der Waals surface area contributed by atoms with Crippen LogP contribution in [-0.2, 0) is 19.0 Å². The number of rotatable bonds is 23. The van der Waals surface area contributed by atoms with E-state index in [2.05, 4.69) is 66.7 Å². The third-order valence-electron chi connectivity index (χ3n) is 16.6. The summed E-state index contributed by atoms with van der Waals surface area (Å²) in [7, 11) is 0. The van der Waals surface area contributed by atoms with Crippen LogP contribution in [0.1, 0.15) is 196 Å². The van der Waals surface area contributed by atoms with E-state index in [1.54, 1.807) is 0 Å². The Morgan fingerprint density at radius 3 is 2.10 bits per heavy atom. The molecule has 0 bridgehead atoms. The highest BCUT2D eigenvalue weighted by molar-refractivity contribution is 5.69. The summed E-state index contributed by atoms with van der Waals surface area (Å²) in [6.45, 7) is 16.7. The van der Waals surface area contributed by atoms with E-state index < -0.39 is 30.7 Å². The second-order valence-corrected chi connectivity index (χ2v) is 20.7. The van der Waals surface area contributed by atoms with Crippen molar-refractivity contribution in [1.82, 2.24) is 0 Å². The third-order valence-corrected chi connectivity index (χ3v) is 16.6. The molecule has 0 aromatic rings. The highest BCUT2D eigenvalue weighted by atomic mass is 16.7. The van der Waals surface area contributed by atoms with Gasteiger partial charge in [0.2, 0.25) is 0 Å². The Morgan fingerprint density at radius 2 is 1.47 bits per heavy atom. The molecule has 334 valence electrons. The highest BCUT2D eigenvalue weighted by Crippen LogP contribution is 2.67. The first kappa shape index (κ1) is 47.8. The van der Waals surface area contributed by atoms with Crippen LogP contribution < -0.4 is 0 Å². The first-order valence-electron chi connectivity index (χ1n) is 24.7. The fourth-order valence-corrected chi connectivity index (χ4v) is 12.8. The second kappa shape index (κ2) is 22.7. The van der Waals surface area contributed by atoms with Gasteiger partial charge in [-0.15, -0.1) is 0 Å². The standard InChI is InChI=1S/C51H88O7/c1-8-10-11-12-13-14-15-16-17-18-19-20-21-22-45(52)56-34-44-46(53)47(54)48(55)49(58-44)57-39-29-31-50(6)38(33-39)25-26-40-42-28-27-41(51(42,7)32-30-43(40)50)36(5)23-24-37(9-2)35(3)4/h23-25,35-37,39-44,46-49,53-55H,8-22,26-34H2,1-7H3. The van der Waals surface area contributed by atoms with Crippen LogP contribution in [0, 0.1) is 52.3 Å². The number of fused-ring (bicyclic) bond motifs is 5. The lowest BCUT2D eigenvalue weighted by atomic mass is 9.47. The molecule has 0 radical (unpaired) electrons. The molecule has 7 heteroatoms. The van der Waals surface area contributed by atoms with Gasteiger partial charge < -0.3 is 29.5 Å². The van der Waals surface area contributed by atoms with Gasteiger partial charge in [0, 0.05) is 6.42 Å². The normalized spacial score (nSPS) is 37.3. The van der Waals surface area contributed by atoms with Crippen LogP contribution in [0.2, 0.25) is 0 Å². The van der Waals surface area contributed by atoms with Crippen molar-refractivity contribution in [1.29, 1.82) is 0 Å². The molecule has 7 nitrogen and oxygen atoms in total. The van der Waals surface area contributed by atoms with E-state index in [1.165, 1.54) is 102 Å². The maximum atomic E-state index is 12.6. The largest absolute Gasteiger partial charge is 0.463 e. The van der Waals surface area contributed by atoms with Crippen molar-refractivity contribution in [2.45, 2.75) is 233 Å². The predicted molar refractivity (Wildman–Crippen MR) is 235 cm³/mol. The van der Waals surface area contributed by atoms with Crippen molar-refractivity contribution in [2.24, 2.45) is 52.3 Å². The van der Waals surface area contributed by atoms with Crippen molar-refractivity contribution in [3.05, 3.63) is 23.8 Å². The number of aliphatic hydroxyl groups is 3. The zero-order chi connectivity index (χ0) is 41.9. The van der Waals surface area contributed by atoms with Crippen molar-refractivity contribution in [3.8, 4) is 0 Å². The van der Waals surface area contributed by atoms with E-state index in [4.69, 9.17) is 14.2 Å². The number of hydrogen-bond donors (Lipinski definition) is 3. The summed E-state index contributed by atoms with van der Waals surface area (Å²) in [6.07, 6.45) is 28.1. The number of carbonyl (C=O) groups excluding carboxylic acids is 1. The molecular weight excluding hydrogens is 725 g/mol. The van der Waals surface area contributed by atoms with Crippen LogP contribution in [0.3, 0.4) is 0 Å². The lowest BCUT2D eigenvalue weighted by Crippen LogP contribution is -2.60. The molecule has 3 N–H and O–H groups in total. The van der Waals surface area contributed by atoms with Crippen molar-refractivity contribution in [3.63, 3.8) is 0 Å². The summed E-state index contributed by atoms with van der Waals surface area (Å²) in [6, 6.07) is 0. The van der Waals surface area contributed by atoms with E-state index in [1.807, 2.05) is 0 Å². The average molecular weight is 813 g/mol. The first-order chi connectivity index (χ1) is 27.8. The van der Waals surface area contributed by atoms with E-state index in [-0.39, 0.29) is 24.1 Å².